The van der Waals surface area contributed by atoms with E-state index in [-0.39, 0.29) is 24.0 Å². The summed E-state index contributed by atoms with van der Waals surface area (Å²) in [4.78, 5) is 11.0. The molecular formula is C16H21F3O2. The zero-order valence-corrected chi connectivity index (χ0v) is 12.7. The van der Waals surface area contributed by atoms with Gasteiger partial charge in [-0.15, -0.1) is 0 Å². The fourth-order valence-electron chi connectivity index (χ4n) is 2.17. The number of hydrogen-bond acceptors (Lipinski definition) is 2. The fourth-order valence-corrected chi connectivity index (χ4v) is 2.17. The Balaban J connectivity index is 3.06. The Labute approximate surface area is 123 Å². The summed E-state index contributed by atoms with van der Waals surface area (Å²) in [7, 11) is 0. The summed E-state index contributed by atoms with van der Waals surface area (Å²) in [5.74, 6) is -1.40. The molecule has 1 aromatic rings. The first kappa shape index (κ1) is 17.5. The largest absolute Gasteiger partial charge is 0.507 e. The maximum Gasteiger partial charge on any atom is 0.449 e. The Kier molecular flexibility index (Phi) is 5.42. The van der Waals surface area contributed by atoms with E-state index in [4.69, 9.17) is 0 Å². The SMILES string of the molecule is CC(C)c1cc(CCC(=O)C(F)(F)F)cc(C(C)C)c1O. The average molecular weight is 302 g/mol. The van der Waals surface area contributed by atoms with Crippen LogP contribution in [0.25, 0.3) is 0 Å². The molecule has 0 spiro atoms. The van der Waals surface area contributed by atoms with Crippen LogP contribution in [0, 0.1) is 0 Å². The van der Waals surface area contributed by atoms with E-state index in [0.717, 1.165) is 0 Å². The summed E-state index contributed by atoms with van der Waals surface area (Å²) in [6.07, 6.45) is -5.32. The molecule has 1 N–H and O–H groups in total. The van der Waals surface area contributed by atoms with Crippen molar-refractivity contribution in [3.63, 3.8) is 0 Å². The molecule has 1 rings (SSSR count). The van der Waals surface area contributed by atoms with Gasteiger partial charge in [-0.3, -0.25) is 4.79 Å². The number of phenols is 1. The number of halogens is 3. The molecule has 0 radical (unpaired) electrons. The van der Waals surface area contributed by atoms with Gasteiger partial charge in [-0.2, -0.15) is 13.2 Å². The first-order valence-corrected chi connectivity index (χ1v) is 6.99. The van der Waals surface area contributed by atoms with E-state index < -0.39 is 18.4 Å². The first-order valence-electron chi connectivity index (χ1n) is 6.99. The number of phenolic OH excluding ortho intramolecular Hbond substituents is 1. The van der Waals surface area contributed by atoms with Gasteiger partial charge in [0.05, 0.1) is 0 Å². The van der Waals surface area contributed by atoms with Crippen molar-refractivity contribution in [2.24, 2.45) is 0 Å². The molecule has 21 heavy (non-hydrogen) atoms. The second-order valence-corrected chi connectivity index (χ2v) is 5.85. The van der Waals surface area contributed by atoms with Crippen molar-refractivity contribution in [1.82, 2.24) is 0 Å². The van der Waals surface area contributed by atoms with Gasteiger partial charge in [0.1, 0.15) is 5.75 Å². The normalized spacial score (nSPS) is 12.2. The van der Waals surface area contributed by atoms with Gasteiger partial charge in [-0.05, 0) is 34.9 Å². The third kappa shape index (κ3) is 4.48. The molecule has 0 aliphatic heterocycles. The molecule has 0 aliphatic carbocycles. The molecule has 0 fully saturated rings. The third-order valence-corrected chi connectivity index (χ3v) is 3.43. The summed E-state index contributed by atoms with van der Waals surface area (Å²) in [5, 5.41) is 10.2. The summed E-state index contributed by atoms with van der Waals surface area (Å²) in [5.41, 5.74) is 2.06. The Morgan fingerprint density at radius 3 is 1.86 bits per heavy atom. The smallest absolute Gasteiger partial charge is 0.449 e. The van der Waals surface area contributed by atoms with Gasteiger partial charge in [0.25, 0.3) is 0 Å². The topological polar surface area (TPSA) is 37.3 Å². The number of hydrogen-bond donors (Lipinski definition) is 1. The Bertz CT molecular complexity index is 488. The molecule has 0 saturated heterocycles. The molecule has 0 heterocycles. The van der Waals surface area contributed by atoms with E-state index in [2.05, 4.69) is 0 Å². The molecule has 0 aliphatic rings. The van der Waals surface area contributed by atoms with Crippen LogP contribution in [0.15, 0.2) is 12.1 Å². The van der Waals surface area contributed by atoms with E-state index in [1.807, 2.05) is 27.7 Å². The van der Waals surface area contributed by atoms with Crippen molar-refractivity contribution >= 4 is 5.78 Å². The lowest BCUT2D eigenvalue weighted by Gasteiger charge is -2.17. The minimum Gasteiger partial charge on any atom is -0.507 e. The predicted molar refractivity (Wildman–Crippen MR) is 75.7 cm³/mol. The van der Waals surface area contributed by atoms with Crippen molar-refractivity contribution in [3.8, 4) is 5.75 Å². The second kappa shape index (κ2) is 6.50. The standard InChI is InChI=1S/C16H21F3O2/c1-9(2)12-7-11(5-6-14(20)16(17,18)19)8-13(10(3)4)15(12)21/h7-10,21H,5-6H2,1-4H3. The lowest BCUT2D eigenvalue weighted by Crippen LogP contribution is -2.22. The third-order valence-electron chi connectivity index (χ3n) is 3.43. The van der Waals surface area contributed by atoms with Crippen LogP contribution in [0.5, 0.6) is 5.75 Å². The molecule has 1 aromatic carbocycles. The highest BCUT2D eigenvalue weighted by Gasteiger charge is 2.37. The van der Waals surface area contributed by atoms with Crippen LogP contribution in [0.1, 0.15) is 62.6 Å². The van der Waals surface area contributed by atoms with Crippen LogP contribution in [0.2, 0.25) is 0 Å². The lowest BCUT2D eigenvalue weighted by atomic mass is 9.90. The van der Waals surface area contributed by atoms with Crippen LogP contribution < -0.4 is 0 Å². The van der Waals surface area contributed by atoms with Crippen molar-refractivity contribution in [2.75, 3.05) is 0 Å². The van der Waals surface area contributed by atoms with Crippen LogP contribution in [0.4, 0.5) is 13.2 Å². The molecule has 0 atom stereocenters. The van der Waals surface area contributed by atoms with E-state index in [1.165, 1.54) is 0 Å². The minimum absolute atomic E-state index is 0.0259. The van der Waals surface area contributed by atoms with Gasteiger partial charge in [0.15, 0.2) is 0 Å². The molecular weight excluding hydrogens is 281 g/mol. The van der Waals surface area contributed by atoms with Crippen molar-refractivity contribution in [2.45, 2.75) is 58.5 Å². The molecule has 118 valence electrons. The summed E-state index contributed by atoms with van der Waals surface area (Å²) < 4.78 is 36.7. The molecule has 0 saturated carbocycles. The first-order chi connectivity index (χ1) is 9.54. The maximum atomic E-state index is 12.2. The molecule has 0 aromatic heterocycles. The number of ketones is 1. The predicted octanol–water partition coefficient (Wildman–Crippen LogP) is 4.70. The molecule has 0 bridgehead atoms. The van der Waals surface area contributed by atoms with Crippen LogP contribution in [-0.2, 0) is 11.2 Å². The number of carbonyl (C=O) groups excluding carboxylic acids is 1. The Morgan fingerprint density at radius 2 is 1.52 bits per heavy atom. The van der Waals surface area contributed by atoms with E-state index in [0.29, 0.717) is 16.7 Å². The zero-order valence-electron chi connectivity index (χ0n) is 12.7. The number of alkyl halides is 3. The zero-order chi connectivity index (χ0) is 16.4. The van der Waals surface area contributed by atoms with Crippen LogP contribution in [-0.4, -0.2) is 17.1 Å². The summed E-state index contributed by atoms with van der Waals surface area (Å²) >= 11 is 0. The minimum atomic E-state index is -4.78. The second-order valence-electron chi connectivity index (χ2n) is 5.85. The summed E-state index contributed by atoms with van der Waals surface area (Å²) in [6, 6.07) is 3.38. The van der Waals surface area contributed by atoms with Gasteiger partial charge < -0.3 is 5.11 Å². The Hall–Kier alpha value is -1.52. The molecule has 5 heteroatoms. The fraction of sp³-hybridized carbons (Fsp3) is 0.562. The van der Waals surface area contributed by atoms with Crippen LogP contribution in [0.3, 0.4) is 0 Å². The number of aromatic hydroxyl groups is 1. The number of carbonyl (C=O) groups is 1. The number of rotatable bonds is 5. The number of aryl methyl sites for hydroxylation is 1. The van der Waals surface area contributed by atoms with Gasteiger partial charge >= 0.3 is 6.18 Å². The van der Waals surface area contributed by atoms with Crippen LogP contribution >= 0.6 is 0 Å². The van der Waals surface area contributed by atoms with E-state index in [9.17, 15) is 23.1 Å². The highest BCUT2D eigenvalue weighted by molar-refractivity contribution is 5.84. The molecule has 2 nitrogen and oxygen atoms in total. The Morgan fingerprint density at radius 1 is 1.10 bits per heavy atom. The van der Waals surface area contributed by atoms with Gasteiger partial charge in [-0.25, -0.2) is 0 Å². The maximum absolute atomic E-state index is 12.2. The van der Waals surface area contributed by atoms with Gasteiger partial charge in [-0.1, -0.05) is 39.8 Å². The lowest BCUT2D eigenvalue weighted by molar-refractivity contribution is -0.171. The van der Waals surface area contributed by atoms with Crippen molar-refractivity contribution in [3.05, 3.63) is 28.8 Å². The number of benzene rings is 1. The quantitative estimate of drug-likeness (QED) is 0.855. The van der Waals surface area contributed by atoms with Gasteiger partial charge in [0.2, 0.25) is 5.78 Å². The monoisotopic (exact) mass is 302 g/mol. The highest BCUT2D eigenvalue weighted by Crippen LogP contribution is 2.35. The summed E-state index contributed by atoms with van der Waals surface area (Å²) in [6.45, 7) is 7.63. The molecule has 0 amide bonds. The number of Topliss-reactive ketones (excluding diaryl/α,β-unsaturated/α-hetero) is 1. The highest BCUT2D eigenvalue weighted by atomic mass is 19.4. The van der Waals surface area contributed by atoms with E-state index in [1.54, 1.807) is 12.1 Å². The van der Waals surface area contributed by atoms with Crippen molar-refractivity contribution in [1.29, 1.82) is 0 Å². The van der Waals surface area contributed by atoms with E-state index >= 15 is 0 Å². The average Bonchev–Trinajstić information content (AvgIpc) is 2.35. The van der Waals surface area contributed by atoms with Crippen molar-refractivity contribution < 1.29 is 23.1 Å². The van der Waals surface area contributed by atoms with Gasteiger partial charge in [0, 0.05) is 6.42 Å². The molecule has 0 unspecified atom stereocenters.